The highest BCUT2D eigenvalue weighted by Crippen LogP contribution is 2.32. The van der Waals surface area contributed by atoms with E-state index in [1.807, 2.05) is 54.7 Å². The summed E-state index contributed by atoms with van der Waals surface area (Å²) in [6.45, 7) is 2.15. The number of hydrogen-bond acceptors (Lipinski definition) is 4. The minimum atomic E-state index is 0. The second kappa shape index (κ2) is 8.89. The van der Waals surface area contributed by atoms with E-state index < -0.39 is 0 Å². The molecular formula is C26H26N5P. The van der Waals surface area contributed by atoms with Gasteiger partial charge in [-0.15, -0.1) is 9.24 Å². The third-order valence-corrected chi connectivity index (χ3v) is 5.70. The summed E-state index contributed by atoms with van der Waals surface area (Å²) in [5, 5.41) is 1.03. The molecule has 5 nitrogen and oxygen atoms in total. The Labute approximate surface area is 190 Å². The van der Waals surface area contributed by atoms with Crippen LogP contribution in [0.1, 0.15) is 19.9 Å². The minimum absolute atomic E-state index is 0. The molecule has 1 atom stereocenters. The molecule has 3 heterocycles. The predicted molar refractivity (Wildman–Crippen MR) is 137 cm³/mol. The van der Waals surface area contributed by atoms with Crippen LogP contribution in [0.25, 0.3) is 39.6 Å². The van der Waals surface area contributed by atoms with E-state index in [0.717, 1.165) is 51.4 Å². The van der Waals surface area contributed by atoms with Crippen LogP contribution in [-0.4, -0.2) is 19.5 Å². The Morgan fingerprint density at radius 2 is 1.62 bits per heavy atom. The maximum Gasteiger partial charge on any atom is 0.165 e. The molecule has 2 N–H and O–H groups in total. The fourth-order valence-electron chi connectivity index (χ4n) is 3.66. The Hall–Kier alpha value is -3.56. The third-order valence-electron chi connectivity index (χ3n) is 5.36. The molecule has 6 heteroatoms. The summed E-state index contributed by atoms with van der Waals surface area (Å²) in [5.41, 5.74) is 13.4. The molecule has 1 unspecified atom stereocenters. The van der Waals surface area contributed by atoms with Crippen LogP contribution in [0.4, 0.5) is 5.69 Å². The van der Waals surface area contributed by atoms with Gasteiger partial charge < -0.3 is 5.73 Å². The van der Waals surface area contributed by atoms with Crippen LogP contribution >= 0.6 is 9.24 Å². The van der Waals surface area contributed by atoms with E-state index in [1.54, 1.807) is 0 Å². The quantitative estimate of drug-likeness (QED) is 0.299. The number of nitrogens with two attached hydrogens (primary N) is 1. The van der Waals surface area contributed by atoms with Crippen molar-refractivity contribution in [3.05, 3.63) is 84.6 Å². The highest BCUT2D eigenvalue weighted by Gasteiger charge is 2.18. The van der Waals surface area contributed by atoms with Crippen molar-refractivity contribution < 1.29 is 0 Å². The average Bonchev–Trinajstić information content (AvgIpc) is 3.18. The molecule has 160 valence electrons. The maximum atomic E-state index is 6.32. The van der Waals surface area contributed by atoms with Gasteiger partial charge in [-0.1, -0.05) is 44.7 Å². The van der Waals surface area contributed by atoms with Gasteiger partial charge in [0.15, 0.2) is 5.65 Å². The van der Waals surface area contributed by atoms with Crippen LogP contribution in [-0.2, 0) is 6.42 Å². The Kier molecular flexibility index (Phi) is 6.02. The molecule has 32 heavy (non-hydrogen) atoms. The maximum absolute atomic E-state index is 6.32. The number of para-hydroxylation sites is 1. The topological polar surface area (TPSA) is 69.6 Å². The lowest BCUT2D eigenvalue weighted by Crippen LogP contribution is -2.01. The molecule has 5 aromatic rings. The standard InChI is InChI=1S/C25H22N5P.CH4/c1-2-16-7-9-17(10-8-16)30-24(19-5-3-4-6-20(19)26)29-23-14-13-22(28-25(23)30)21-12-11-18(31)15-27-21;/h3-15H,2,26,31H2,1H3;1H4. The molecule has 0 saturated heterocycles. The number of benzene rings is 2. The van der Waals surface area contributed by atoms with E-state index in [9.17, 15) is 0 Å². The lowest BCUT2D eigenvalue weighted by molar-refractivity contribution is 1.06. The molecule has 0 saturated carbocycles. The zero-order valence-electron chi connectivity index (χ0n) is 17.2. The number of imidazole rings is 1. The number of fused-ring (bicyclic) bond motifs is 1. The monoisotopic (exact) mass is 439 g/mol. The summed E-state index contributed by atoms with van der Waals surface area (Å²) in [6, 6.07) is 24.2. The van der Waals surface area contributed by atoms with Gasteiger partial charge in [-0.25, -0.2) is 9.97 Å². The van der Waals surface area contributed by atoms with Gasteiger partial charge in [0.05, 0.1) is 11.4 Å². The summed E-state index contributed by atoms with van der Waals surface area (Å²) in [7, 11) is 2.65. The van der Waals surface area contributed by atoms with Gasteiger partial charge in [-0.05, 0) is 59.8 Å². The van der Waals surface area contributed by atoms with Crippen LogP contribution in [0.5, 0.6) is 0 Å². The molecular weight excluding hydrogens is 413 g/mol. The van der Waals surface area contributed by atoms with Gasteiger partial charge in [0.25, 0.3) is 0 Å². The highest BCUT2D eigenvalue weighted by molar-refractivity contribution is 7.27. The van der Waals surface area contributed by atoms with Crippen molar-refractivity contribution in [1.29, 1.82) is 0 Å². The first-order chi connectivity index (χ1) is 15.1. The number of hydrogen-bond donors (Lipinski definition) is 1. The summed E-state index contributed by atoms with van der Waals surface area (Å²) in [6.07, 6.45) is 2.81. The number of rotatable bonds is 4. The lowest BCUT2D eigenvalue weighted by atomic mass is 10.1. The smallest absolute Gasteiger partial charge is 0.165 e. The van der Waals surface area contributed by atoms with E-state index in [0.29, 0.717) is 5.69 Å². The number of nitrogens with zero attached hydrogens (tertiary/aromatic N) is 4. The molecule has 0 spiro atoms. The predicted octanol–water partition coefficient (Wildman–Crippen LogP) is 5.43. The second-order valence-corrected chi connectivity index (χ2v) is 8.06. The van der Waals surface area contributed by atoms with E-state index in [-0.39, 0.29) is 7.43 Å². The van der Waals surface area contributed by atoms with Gasteiger partial charge in [-0.2, -0.15) is 0 Å². The fraction of sp³-hybridized carbons (Fsp3) is 0.115. The van der Waals surface area contributed by atoms with Gasteiger partial charge >= 0.3 is 0 Å². The van der Waals surface area contributed by atoms with E-state index in [4.69, 9.17) is 15.7 Å². The van der Waals surface area contributed by atoms with Gasteiger partial charge in [0.1, 0.15) is 11.3 Å². The van der Waals surface area contributed by atoms with Crippen molar-refractivity contribution in [3.8, 4) is 28.5 Å². The molecule has 3 aromatic heterocycles. The zero-order chi connectivity index (χ0) is 21.4. The first kappa shape index (κ1) is 21.7. The molecule has 0 bridgehead atoms. The number of nitrogen functional groups attached to an aromatic ring is 1. The molecule has 0 aliphatic heterocycles. The molecule has 2 aromatic carbocycles. The Balaban J connectivity index is 0.00000245. The fourth-order valence-corrected chi connectivity index (χ4v) is 3.83. The minimum Gasteiger partial charge on any atom is -0.398 e. The van der Waals surface area contributed by atoms with Crippen LogP contribution in [0, 0.1) is 0 Å². The number of aryl methyl sites for hydroxylation is 1. The molecule has 5 rings (SSSR count). The van der Waals surface area contributed by atoms with Crippen molar-refractivity contribution in [2.24, 2.45) is 0 Å². The van der Waals surface area contributed by atoms with E-state index in [2.05, 4.69) is 50.0 Å². The normalized spacial score (nSPS) is 10.8. The third kappa shape index (κ3) is 3.88. The van der Waals surface area contributed by atoms with Crippen LogP contribution in [0.2, 0.25) is 0 Å². The van der Waals surface area contributed by atoms with Gasteiger partial charge in [-0.3, -0.25) is 9.55 Å². The van der Waals surface area contributed by atoms with Crippen LogP contribution in [0.3, 0.4) is 0 Å². The largest absolute Gasteiger partial charge is 0.398 e. The molecule has 0 amide bonds. The first-order valence-electron chi connectivity index (χ1n) is 10.2. The summed E-state index contributed by atoms with van der Waals surface area (Å²) in [5.74, 6) is 0.773. The number of pyridine rings is 2. The van der Waals surface area contributed by atoms with Crippen molar-refractivity contribution >= 4 is 31.4 Å². The summed E-state index contributed by atoms with van der Waals surface area (Å²) >= 11 is 0. The molecule has 0 fully saturated rings. The van der Waals surface area contributed by atoms with Crippen LogP contribution < -0.4 is 11.0 Å². The zero-order valence-corrected chi connectivity index (χ0v) is 18.3. The summed E-state index contributed by atoms with van der Waals surface area (Å²) < 4.78 is 2.08. The van der Waals surface area contributed by atoms with Crippen molar-refractivity contribution in [2.45, 2.75) is 20.8 Å². The van der Waals surface area contributed by atoms with E-state index >= 15 is 0 Å². The van der Waals surface area contributed by atoms with Crippen molar-refractivity contribution in [3.63, 3.8) is 0 Å². The SMILES string of the molecule is C.CCc1ccc(-n2c(-c3ccccc3N)nc3ccc(-c4ccc(P)cn4)nc32)cc1. The van der Waals surface area contributed by atoms with Crippen molar-refractivity contribution in [1.82, 2.24) is 19.5 Å². The van der Waals surface area contributed by atoms with Gasteiger partial charge in [0.2, 0.25) is 0 Å². The molecule has 0 aliphatic rings. The Morgan fingerprint density at radius 3 is 2.31 bits per heavy atom. The lowest BCUT2D eigenvalue weighted by Gasteiger charge is -2.11. The average molecular weight is 440 g/mol. The van der Waals surface area contributed by atoms with Crippen molar-refractivity contribution in [2.75, 3.05) is 5.73 Å². The van der Waals surface area contributed by atoms with E-state index in [1.165, 1.54) is 5.56 Å². The Bertz CT molecular complexity index is 1370. The molecule has 0 aliphatic carbocycles. The second-order valence-electron chi connectivity index (χ2n) is 7.39. The van der Waals surface area contributed by atoms with Crippen LogP contribution in [0.15, 0.2) is 79.0 Å². The summed E-state index contributed by atoms with van der Waals surface area (Å²) in [4.78, 5) is 14.4. The number of anilines is 1. The Morgan fingerprint density at radius 1 is 0.875 bits per heavy atom. The van der Waals surface area contributed by atoms with Gasteiger partial charge in [0, 0.05) is 23.1 Å². The first-order valence-corrected chi connectivity index (χ1v) is 10.8. The number of aromatic nitrogens is 4. The highest BCUT2D eigenvalue weighted by atomic mass is 31.0. The molecule has 0 radical (unpaired) electrons.